The van der Waals surface area contributed by atoms with Crippen molar-refractivity contribution in [2.45, 2.75) is 0 Å². The molecule has 16 heavy (non-hydrogen) atoms. The fourth-order valence-electron chi connectivity index (χ4n) is 1.81. The van der Waals surface area contributed by atoms with Crippen molar-refractivity contribution < 1.29 is 5.11 Å². The fourth-order valence-corrected chi connectivity index (χ4v) is 1.81. The summed E-state index contributed by atoms with van der Waals surface area (Å²) in [6, 6.07) is 4.73. The van der Waals surface area contributed by atoms with Crippen LogP contribution in [-0.4, -0.2) is 20.1 Å². The molecule has 0 unspecified atom stereocenters. The molecule has 0 aliphatic rings. The molecule has 5 N–H and O–H groups in total. The molecule has 80 valence electrons. The second-order valence-corrected chi connectivity index (χ2v) is 3.53. The molecular formula is C10H8N4O2. The minimum absolute atomic E-state index is 0.0632. The first-order valence-corrected chi connectivity index (χ1v) is 4.65. The van der Waals surface area contributed by atoms with Gasteiger partial charge in [0.2, 0.25) is 5.95 Å². The first kappa shape index (κ1) is 8.78. The summed E-state index contributed by atoms with van der Waals surface area (Å²) in [5.41, 5.74) is 6.27. The summed E-state index contributed by atoms with van der Waals surface area (Å²) in [6.45, 7) is 0. The average molecular weight is 216 g/mol. The minimum Gasteiger partial charge on any atom is -0.508 e. The topological polar surface area (TPSA) is 108 Å². The van der Waals surface area contributed by atoms with E-state index >= 15 is 0 Å². The fraction of sp³-hybridized carbons (Fsp3) is 0. The zero-order chi connectivity index (χ0) is 11.3. The Labute approximate surface area is 88.7 Å². The van der Waals surface area contributed by atoms with Gasteiger partial charge in [-0.1, -0.05) is 0 Å². The Morgan fingerprint density at radius 3 is 2.94 bits per heavy atom. The van der Waals surface area contributed by atoms with Gasteiger partial charge in [-0.3, -0.25) is 9.78 Å². The predicted molar refractivity (Wildman–Crippen MR) is 60.3 cm³/mol. The Bertz CT molecular complexity index is 756. The van der Waals surface area contributed by atoms with Crippen molar-refractivity contribution in [2.75, 3.05) is 5.73 Å². The van der Waals surface area contributed by atoms with E-state index in [1.165, 1.54) is 12.1 Å². The Balaban J connectivity index is 2.63. The maximum Gasteiger partial charge on any atom is 0.262 e. The zero-order valence-corrected chi connectivity index (χ0v) is 8.11. The number of hydrogen-bond donors (Lipinski definition) is 4. The number of phenols is 1. The highest BCUT2D eigenvalue weighted by molar-refractivity contribution is 6.05. The number of aromatic amines is 2. The van der Waals surface area contributed by atoms with E-state index in [0.29, 0.717) is 16.4 Å². The summed E-state index contributed by atoms with van der Waals surface area (Å²) in [5.74, 6) is 0.165. The molecule has 2 heterocycles. The highest BCUT2D eigenvalue weighted by atomic mass is 16.3. The normalized spacial score (nSPS) is 11.2. The lowest BCUT2D eigenvalue weighted by Gasteiger charge is -1.93. The standard InChI is InChI=1S/C10H8N4O2/c11-10-13-8-7(9(16)14-10)5-3-4(15)1-2-6(5)12-8/h1-3,15H,(H4,11,12,13,14,16). The molecule has 0 amide bonds. The van der Waals surface area contributed by atoms with Gasteiger partial charge in [-0.25, -0.2) is 0 Å². The molecule has 0 aliphatic heterocycles. The molecule has 0 spiro atoms. The lowest BCUT2D eigenvalue weighted by molar-refractivity contribution is 0.476. The summed E-state index contributed by atoms with van der Waals surface area (Å²) < 4.78 is 0. The molecule has 0 bridgehead atoms. The van der Waals surface area contributed by atoms with Crippen LogP contribution in [0.25, 0.3) is 21.9 Å². The van der Waals surface area contributed by atoms with Crippen molar-refractivity contribution in [3.8, 4) is 5.75 Å². The van der Waals surface area contributed by atoms with E-state index in [9.17, 15) is 9.90 Å². The van der Waals surface area contributed by atoms with Crippen LogP contribution in [0.4, 0.5) is 5.95 Å². The molecule has 1 aromatic carbocycles. The van der Waals surface area contributed by atoms with Crippen molar-refractivity contribution in [3.05, 3.63) is 28.6 Å². The molecule has 0 aliphatic carbocycles. The number of nitrogen functional groups attached to an aromatic ring is 1. The van der Waals surface area contributed by atoms with Crippen LogP contribution in [0.1, 0.15) is 0 Å². The number of fused-ring (bicyclic) bond motifs is 3. The summed E-state index contributed by atoms with van der Waals surface area (Å²) in [4.78, 5) is 21.1. The van der Waals surface area contributed by atoms with Gasteiger partial charge < -0.3 is 15.8 Å². The van der Waals surface area contributed by atoms with E-state index in [0.717, 1.165) is 5.52 Å². The lowest BCUT2D eigenvalue weighted by Crippen LogP contribution is -2.10. The number of aromatic hydroxyl groups is 1. The quantitative estimate of drug-likeness (QED) is 0.443. The van der Waals surface area contributed by atoms with Crippen molar-refractivity contribution >= 4 is 27.9 Å². The van der Waals surface area contributed by atoms with Crippen LogP contribution in [0, 0.1) is 0 Å². The van der Waals surface area contributed by atoms with E-state index in [2.05, 4.69) is 15.0 Å². The van der Waals surface area contributed by atoms with E-state index < -0.39 is 0 Å². The summed E-state index contributed by atoms with van der Waals surface area (Å²) in [6.07, 6.45) is 0. The largest absolute Gasteiger partial charge is 0.508 e. The number of H-pyrrole nitrogens is 2. The molecule has 0 saturated heterocycles. The van der Waals surface area contributed by atoms with Crippen LogP contribution >= 0.6 is 0 Å². The monoisotopic (exact) mass is 216 g/mol. The van der Waals surface area contributed by atoms with Gasteiger partial charge in [0.05, 0.1) is 5.39 Å². The van der Waals surface area contributed by atoms with Crippen LogP contribution in [0.15, 0.2) is 23.0 Å². The third-order valence-corrected chi connectivity index (χ3v) is 2.46. The smallest absolute Gasteiger partial charge is 0.262 e. The average Bonchev–Trinajstić information content (AvgIpc) is 2.54. The first-order chi connectivity index (χ1) is 7.65. The van der Waals surface area contributed by atoms with Gasteiger partial charge >= 0.3 is 0 Å². The molecule has 0 atom stereocenters. The molecule has 3 aromatic rings. The molecule has 0 saturated carbocycles. The highest BCUT2D eigenvalue weighted by Gasteiger charge is 2.10. The van der Waals surface area contributed by atoms with Crippen LogP contribution < -0.4 is 11.3 Å². The second kappa shape index (κ2) is 2.75. The van der Waals surface area contributed by atoms with Crippen LogP contribution in [0.3, 0.4) is 0 Å². The van der Waals surface area contributed by atoms with Gasteiger partial charge in [0.1, 0.15) is 11.4 Å². The molecule has 3 rings (SSSR count). The van der Waals surface area contributed by atoms with Gasteiger partial charge in [-0.05, 0) is 18.2 Å². The Hall–Kier alpha value is -2.50. The third-order valence-electron chi connectivity index (χ3n) is 2.46. The van der Waals surface area contributed by atoms with Crippen molar-refractivity contribution in [1.29, 1.82) is 0 Å². The van der Waals surface area contributed by atoms with Crippen LogP contribution in [-0.2, 0) is 0 Å². The highest BCUT2D eigenvalue weighted by Crippen LogP contribution is 2.24. The lowest BCUT2D eigenvalue weighted by atomic mass is 10.2. The van der Waals surface area contributed by atoms with Crippen molar-refractivity contribution in [1.82, 2.24) is 15.0 Å². The summed E-state index contributed by atoms with van der Waals surface area (Å²) in [7, 11) is 0. The van der Waals surface area contributed by atoms with E-state index in [1.54, 1.807) is 6.07 Å². The maximum atomic E-state index is 11.7. The maximum absolute atomic E-state index is 11.7. The van der Waals surface area contributed by atoms with Crippen LogP contribution in [0.2, 0.25) is 0 Å². The Morgan fingerprint density at radius 2 is 2.12 bits per heavy atom. The van der Waals surface area contributed by atoms with Crippen LogP contribution in [0.5, 0.6) is 5.75 Å². The van der Waals surface area contributed by atoms with Gasteiger partial charge in [0.25, 0.3) is 5.56 Å². The van der Waals surface area contributed by atoms with Gasteiger partial charge in [0.15, 0.2) is 0 Å². The van der Waals surface area contributed by atoms with E-state index in [1.807, 2.05) is 0 Å². The molecular weight excluding hydrogens is 208 g/mol. The zero-order valence-electron chi connectivity index (χ0n) is 8.11. The molecule has 2 aromatic heterocycles. The second-order valence-electron chi connectivity index (χ2n) is 3.53. The summed E-state index contributed by atoms with van der Waals surface area (Å²) >= 11 is 0. The molecule has 0 radical (unpaired) electrons. The predicted octanol–water partition coefficient (Wildman–Crippen LogP) is 0.692. The van der Waals surface area contributed by atoms with Gasteiger partial charge in [0, 0.05) is 10.9 Å². The molecule has 6 nitrogen and oxygen atoms in total. The number of aromatic nitrogens is 3. The van der Waals surface area contributed by atoms with Gasteiger partial charge in [-0.15, -0.1) is 0 Å². The van der Waals surface area contributed by atoms with E-state index in [4.69, 9.17) is 5.73 Å². The number of rotatable bonds is 0. The Morgan fingerprint density at radius 1 is 1.31 bits per heavy atom. The Kier molecular flexibility index (Phi) is 1.51. The number of hydrogen-bond acceptors (Lipinski definition) is 4. The summed E-state index contributed by atoms with van der Waals surface area (Å²) in [5, 5.41) is 10.4. The van der Waals surface area contributed by atoms with Gasteiger partial charge in [-0.2, -0.15) is 4.98 Å². The van der Waals surface area contributed by atoms with Crippen molar-refractivity contribution in [3.63, 3.8) is 0 Å². The van der Waals surface area contributed by atoms with E-state index in [-0.39, 0.29) is 17.3 Å². The molecule has 6 heteroatoms. The minimum atomic E-state index is -0.320. The molecule has 0 fully saturated rings. The third kappa shape index (κ3) is 1.07. The number of anilines is 1. The number of nitrogens with two attached hydrogens (primary N) is 1. The SMILES string of the molecule is Nc1nc2[nH]c3ccc(O)cc3c2c(=O)[nH]1. The first-order valence-electron chi connectivity index (χ1n) is 4.65. The number of nitrogens with zero attached hydrogens (tertiary/aromatic N) is 1. The number of phenolic OH excluding ortho intramolecular Hbond substituents is 1. The number of nitrogens with one attached hydrogen (secondary N) is 2. The number of benzene rings is 1. The van der Waals surface area contributed by atoms with Crippen molar-refractivity contribution in [2.24, 2.45) is 0 Å².